The normalized spacial score (nSPS) is 19.5. The van der Waals surface area contributed by atoms with Crippen molar-refractivity contribution in [2.75, 3.05) is 6.54 Å². The quantitative estimate of drug-likeness (QED) is 0.926. The zero-order valence-corrected chi connectivity index (χ0v) is 11.7. The molecule has 0 spiro atoms. The van der Waals surface area contributed by atoms with Crippen molar-refractivity contribution in [2.45, 2.75) is 31.8 Å². The fraction of sp³-hybridized carbons (Fsp3) is 0.400. The molecule has 6 nitrogen and oxygen atoms in total. The van der Waals surface area contributed by atoms with Crippen molar-refractivity contribution in [3.8, 4) is 5.69 Å². The van der Waals surface area contributed by atoms with Gasteiger partial charge in [0.15, 0.2) is 0 Å². The molecular formula is C15H18N4O2. The molecule has 1 aliphatic heterocycles. The summed E-state index contributed by atoms with van der Waals surface area (Å²) in [5.41, 5.74) is 1.75. The van der Waals surface area contributed by atoms with E-state index in [9.17, 15) is 9.90 Å². The fourth-order valence-electron chi connectivity index (χ4n) is 2.75. The Morgan fingerprint density at radius 2 is 2.10 bits per heavy atom. The molecule has 1 aliphatic rings. The summed E-state index contributed by atoms with van der Waals surface area (Å²) >= 11 is 0. The van der Waals surface area contributed by atoms with Crippen LogP contribution in [0.15, 0.2) is 36.5 Å². The molecule has 2 aromatic rings. The largest absolute Gasteiger partial charge is 0.480 e. The van der Waals surface area contributed by atoms with Crippen LogP contribution in [0.25, 0.3) is 5.69 Å². The second-order valence-corrected chi connectivity index (χ2v) is 5.31. The number of piperidine rings is 1. The van der Waals surface area contributed by atoms with E-state index in [-0.39, 0.29) is 0 Å². The van der Waals surface area contributed by atoms with Crippen molar-refractivity contribution in [1.82, 2.24) is 19.9 Å². The summed E-state index contributed by atoms with van der Waals surface area (Å²) < 4.78 is 1.72. The summed E-state index contributed by atoms with van der Waals surface area (Å²) in [4.78, 5) is 13.3. The molecule has 0 radical (unpaired) electrons. The van der Waals surface area contributed by atoms with Crippen LogP contribution in [0.3, 0.4) is 0 Å². The number of carbonyl (C=O) groups is 1. The number of likely N-dealkylation sites (tertiary alicyclic amines) is 1. The van der Waals surface area contributed by atoms with E-state index in [4.69, 9.17) is 0 Å². The SMILES string of the molecule is O=C(O)[C@H]1CCCCN1Cc1cn(-c2ccccc2)nn1. The summed E-state index contributed by atoms with van der Waals surface area (Å²) in [6.07, 6.45) is 4.59. The van der Waals surface area contributed by atoms with Gasteiger partial charge in [0.2, 0.25) is 0 Å². The van der Waals surface area contributed by atoms with Crippen LogP contribution < -0.4 is 0 Å². The lowest BCUT2D eigenvalue weighted by molar-refractivity contribution is -0.144. The Kier molecular flexibility index (Phi) is 3.96. The summed E-state index contributed by atoms with van der Waals surface area (Å²) in [6.45, 7) is 1.33. The number of hydrogen-bond acceptors (Lipinski definition) is 4. The Bertz CT molecular complexity index is 611. The molecule has 1 fully saturated rings. The molecule has 0 saturated carbocycles. The Balaban J connectivity index is 1.73. The predicted molar refractivity (Wildman–Crippen MR) is 77.0 cm³/mol. The minimum absolute atomic E-state index is 0.402. The van der Waals surface area contributed by atoms with E-state index in [1.807, 2.05) is 41.4 Å². The van der Waals surface area contributed by atoms with Crippen molar-refractivity contribution in [3.63, 3.8) is 0 Å². The molecule has 0 amide bonds. The van der Waals surface area contributed by atoms with Crippen LogP contribution in [0, 0.1) is 0 Å². The molecule has 1 N–H and O–H groups in total. The minimum atomic E-state index is -0.745. The molecular weight excluding hydrogens is 268 g/mol. The standard InChI is InChI=1S/C15H18N4O2/c20-15(21)14-8-4-5-9-18(14)10-12-11-19(17-16-12)13-6-2-1-3-7-13/h1-3,6-7,11,14H,4-5,8-10H2,(H,20,21)/t14-/m1/s1. The summed E-state index contributed by atoms with van der Waals surface area (Å²) in [5.74, 6) is -0.745. The van der Waals surface area contributed by atoms with E-state index in [2.05, 4.69) is 10.3 Å². The molecule has 0 bridgehead atoms. The van der Waals surface area contributed by atoms with Gasteiger partial charge in [-0.25, -0.2) is 4.68 Å². The fourth-order valence-corrected chi connectivity index (χ4v) is 2.75. The Morgan fingerprint density at radius 3 is 2.86 bits per heavy atom. The van der Waals surface area contributed by atoms with Gasteiger partial charge in [0.25, 0.3) is 0 Å². The van der Waals surface area contributed by atoms with E-state index in [1.165, 1.54) is 0 Å². The van der Waals surface area contributed by atoms with Gasteiger partial charge >= 0.3 is 5.97 Å². The molecule has 1 saturated heterocycles. The van der Waals surface area contributed by atoms with Crippen LogP contribution in [0.1, 0.15) is 25.0 Å². The highest BCUT2D eigenvalue weighted by Crippen LogP contribution is 2.19. The van der Waals surface area contributed by atoms with Gasteiger partial charge in [0.1, 0.15) is 6.04 Å². The maximum absolute atomic E-state index is 11.3. The van der Waals surface area contributed by atoms with Gasteiger partial charge in [0, 0.05) is 6.54 Å². The van der Waals surface area contributed by atoms with Crippen LogP contribution in [0.5, 0.6) is 0 Å². The van der Waals surface area contributed by atoms with Gasteiger partial charge in [-0.1, -0.05) is 29.8 Å². The lowest BCUT2D eigenvalue weighted by Gasteiger charge is -2.31. The summed E-state index contributed by atoms with van der Waals surface area (Å²) in [6, 6.07) is 9.36. The Hall–Kier alpha value is -2.21. The number of aromatic nitrogens is 3. The molecule has 2 heterocycles. The smallest absolute Gasteiger partial charge is 0.320 e. The molecule has 1 aromatic carbocycles. The highest BCUT2D eigenvalue weighted by atomic mass is 16.4. The summed E-state index contributed by atoms with van der Waals surface area (Å²) in [7, 11) is 0. The second-order valence-electron chi connectivity index (χ2n) is 5.31. The topological polar surface area (TPSA) is 71.2 Å². The second kappa shape index (κ2) is 6.05. The number of carboxylic acid groups (broad SMARTS) is 1. The van der Waals surface area contributed by atoms with Crippen molar-refractivity contribution in [1.29, 1.82) is 0 Å². The number of rotatable bonds is 4. The molecule has 0 aliphatic carbocycles. The first-order chi connectivity index (χ1) is 10.2. The first-order valence-corrected chi connectivity index (χ1v) is 7.17. The highest BCUT2D eigenvalue weighted by molar-refractivity contribution is 5.73. The number of aliphatic carboxylic acids is 1. The first kappa shape index (κ1) is 13.8. The predicted octanol–water partition coefficient (Wildman–Crippen LogP) is 1.71. The molecule has 110 valence electrons. The van der Waals surface area contributed by atoms with Gasteiger partial charge in [-0.05, 0) is 31.5 Å². The Labute approximate surface area is 123 Å². The third-order valence-electron chi connectivity index (χ3n) is 3.83. The van der Waals surface area contributed by atoms with Crippen molar-refractivity contribution in [3.05, 3.63) is 42.2 Å². The van der Waals surface area contributed by atoms with Gasteiger partial charge in [-0.15, -0.1) is 5.10 Å². The average molecular weight is 286 g/mol. The van der Waals surface area contributed by atoms with Gasteiger partial charge in [0.05, 0.1) is 17.6 Å². The van der Waals surface area contributed by atoms with Crippen LogP contribution in [0.2, 0.25) is 0 Å². The van der Waals surface area contributed by atoms with Gasteiger partial charge in [-0.3, -0.25) is 9.69 Å². The van der Waals surface area contributed by atoms with Crippen LogP contribution in [0.4, 0.5) is 0 Å². The van der Waals surface area contributed by atoms with Crippen molar-refractivity contribution < 1.29 is 9.90 Å². The molecule has 21 heavy (non-hydrogen) atoms. The number of para-hydroxylation sites is 1. The average Bonchev–Trinajstić information content (AvgIpc) is 2.97. The lowest BCUT2D eigenvalue weighted by Crippen LogP contribution is -2.44. The van der Waals surface area contributed by atoms with Gasteiger partial charge in [-0.2, -0.15) is 0 Å². The van der Waals surface area contributed by atoms with Crippen molar-refractivity contribution in [2.24, 2.45) is 0 Å². The Morgan fingerprint density at radius 1 is 1.29 bits per heavy atom. The number of carboxylic acids is 1. The summed E-state index contributed by atoms with van der Waals surface area (Å²) in [5, 5.41) is 17.6. The zero-order valence-electron chi connectivity index (χ0n) is 11.7. The maximum Gasteiger partial charge on any atom is 0.320 e. The molecule has 0 unspecified atom stereocenters. The number of hydrogen-bond donors (Lipinski definition) is 1. The lowest BCUT2D eigenvalue weighted by atomic mass is 10.0. The maximum atomic E-state index is 11.3. The number of nitrogens with zero attached hydrogens (tertiary/aromatic N) is 4. The van der Waals surface area contributed by atoms with E-state index >= 15 is 0 Å². The van der Waals surface area contributed by atoms with Gasteiger partial charge < -0.3 is 5.11 Å². The zero-order chi connectivity index (χ0) is 14.7. The van der Waals surface area contributed by atoms with E-state index < -0.39 is 12.0 Å². The van der Waals surface area contributed by atoms with Crippen LogP contribution >= 0.6 is 0 Å². The van der Waals surface area contributed by atoms with E-state index in [0.29, 0.717) is 13.0 Å². The highest BCUT2D eigenvalue weighted by Gasteiger charge is 2.28. The molecule has 1 atom stereocenters. The monoisotopic (exact) mass is 286 g/mol. The molecule has 6 heteroatoms. The third kappa shape index (κ3) is 3.11. The van der Waals surface area contributed by atoms with E-state index in [1.54, 1.807) is 4.68 Å². The first-order valence-electron chi connectivity index (χ1n) is 7.17. The van der Waals surface area contributed by atoms with Crippen molar-refractivity contribution >= 4 is 5.97 Å². The van der Waals surface area contributed by atoms with Crippen LogP contribution in [-0.4, -0.2) is 43.6 Å². The number of benzene rings is 1. The van der Waals surface area contributed by atoms with E-state index in [0.717, 1.165) is 30.8 Å². The molecule has 1 aromatic heterocycles. The molecule has 3 rings (SSSR count). The van der Waals surface area contributed by atoms with Crippen LogP contribution in [-0.2, 0) is 11.3 Å². The third-order valence-corrected chi connectivity index (χ3v) is 3.83. The minimum Gasteiger partial charge on any atom is -0.480 e.